The summed E-state index contributed by atoms with van der Waals surface area (Å²) in [6.45, 7) is 3.84. The highest BCUT2D eigenvalue weighted by atomic mass is 35.5. The molecule has 0 aromatic carbocycles. The third kappa shape index (κ3) is 4.28. The van der Waals surface area contributed by atoms with E-state index >= 15 is 0 Å². The standard InChI is InChI=1S/C11H22N2O2.ClH/c1-7(2)10(12)11(15)13-8-5-3-4-6-9(8)14;/h7-10,14H,3-6,12H2,1-2H3,(H,13,15);1H/t8-,9-,10+;/m1./s1. The van der Waals surface area contributed by atoms with Crippen LogP contribution in [-0.4, -0.2) is 29.2 Å². The lowest BCUT2D eigenvalue weighted by atomic mass is 9.92. The van der Waals surface area contributed by atoms with Crippen LogP contribution in [0.15, 0.2) is 0 Å². The third-order valence-electron chi connectivity index (χ3n) is 3.08. The Labute approximate surface area is 103 Å². The maximum Gasteiger partial charge on any atom is 0.237 e. The number of aliphatic hydroxyl groups excluding tert-OH is 1. The average Bonchev–Trinajstić information content (AvgIpc) is 2.20. The number of aliphatic hydroxyl groups is 1. The van der Waals surface area contributed by atoms with Gasteiger partial charge in [0.1, 0.15) is 0 Å². The van der Waals surface area contributed by atoms with Crippen molar-refractivity contribution in [2.75, 3.05) is 0 Å². The molecule has 16 heavy (non-hydrogen) atoms. The number of nitrogens with one attached hydrogen (secondary N) is 1. The van der Waals surface area contributed by atoms with Crippen LogP contribution in [0.2, 0.25) is 0 Å². The van der Waals surface area contributed by atoms with Gasteiger partial charge < -0.3 is 16.2 Å². The molecule has 4 N–H and O–H groups in total. The molecule has 0 saturated heterocycles. The zero-order valence-electron chi connectivity index (χ0n) is 9.98. The molecule has 5 heteroatoms. The molecule has 1 saturated carbocycles. The van der Waals surface area contributed by atoms with Crippen molar-refractivity contribution < 1.29 is 9.90 Å². The number of carbonyl (C=O) groups excluding carboxylic acids is 1. The summed E-state index contributed by atoms with van der Waals surface area (Å²) in [5.41, 5.74) is 5.73. The maximum atomic E-state index is 11.7. The van der Waals surface area contributed by atoms with Crippen molar-refractivity contribution in [3.8, 4) is 0 Å². The molecular weight excluding hydrogens is 228 g/mol. The van der Waals surface area contributed by atoms with Crippen LogP contribution < -0.4 is 11.1 Å². The van der Waals surface area contributed by atoms with Crippen molar-refractivity contribution >= 4 is 18.3 Å². The second-order valence-electron chi connectivity index (χ2n) is 4.74. The molecule has 0 radical (unpaired) electrons. The van der Waals surface area contributed by atoms with Crippen molar-refractivity contribution in [1.82, 2.24) is 5.32 Å². The molecule has 1 aliphatic rings. The summed E-state index contributed by atoms with van der Waals surface area (Å²) in [5, 5.41) is 12.5. The fraction of sp³-hybridized carbons (Fsp3) is 0.909. The van der Waals surface area contributed by atoms with Crippen molar-refractivity contribution in [2.45, 2.75) is 57.7 Å². The minimum atomic E-state index is -0.473. The summed E-state index contributed by atoms with van der Waals surface area (Å²) < 4.78 is 0. The largest absolute Gasteiger partial charge is 0.391 e. The van der Waals surface area contributed by atoms with Crippen LogP contribution in [0.3, 0.4) is 0 Å². The lowest BCUT2D eigenvalue weighted by Gasteiger charge is -2.29. The summed E-state index contributed by atoms with van der Waals surface area (Å²) in [5.74, 6) is -0.0123. The van der Waals surface area contributed by atoms with E-state index in [1.165, 1.54) is 0 Å². The lowest BCUT2D eigenvalue weighted by Crippen LogP contribution is -2.52. The predicted molar refractivity (Wildman–Crippen MR) is 66.5 cm³/mol. The highest BCUT2D eigenvalue weighted by Gasteiger charge is 2.27. The number of amides is 1. The lowest BCUT2D eigenvalue weighted by molar-refractivity contribution is -0.125. The number of nitrogens with two attached hydrogens (primary N) is 1. The Kier molecular flexibility index (Phi) is 6.95. The van der Waals surface area contributed by atoms with Gasteiger partial charge in [0.05, 0.1) is 18.2 Å². The second-order valence-corrected chi connectivity index (χ2v) is 4.74. The number of hydrogen-bond donors (Lipinski definition) is 3. The second kappa shape index (κ2) is 7.09. The number of halogens is 1. The Hall–Kier alpha value is -0.320. The Balaban J connectivity index is 0.00000225. The van der Waals surface area contributed by atoms with Gasteiger partial charge in [0.25, 0.3) is 0 Å². The van der Waals surface area contributed by atoms with Gasteiger partial charge in [-0.2, -0.15) is 0 Å². The van der Waals surface area contributed by atoms with Gasteiger partial charge in [0.15, 0.2) is 0 Å². The fourth-order valence-electron chi connectivity index (χ4n) is 1.86. The normalized spacial score (nSPS) is 27.1. The molecule has 0 spiro atoms. The first-order valence-corrected chi connectivity index (χ1v) is 5.76. The predicted octanol–water partition coefficient (Wildman–Crippen LogP) is 0.811. The molecule has 1 fully saturated rings. The third-order valence-corrected chi connectivity index (χ3v) is 3.08. The zero-order valence-corrected chi connectivity index (χ0v) is 10.8. The van der Waals surface area contributed by atoms with Crippen LogP contribution in [0.5, 0.6) is 0 Å². The van der Waals surface area contributed by atoms with E-state index in [0.29, 0.717) is 0 Å². The van der Waals surface area contributed by atoms with Gasteiger partial charge >= 0.3 is 0 Å². The number of rotatable bonds is 3. The minimum absolute atomic E-state index is 0. The molecule has 1 aliphatic carbocycles. The van der Waals surface area contributed by atoms with Crippen LogP contribution in [0, 0.1) is 5.92 Å². The maximum absolute atomic E-state index is 11.7. The molecule has 0 aromatic rings. The molecule has 0 heterocycles. The van der Waals surface area contributed by atoms with E-state index in [0.717, 1.165) is 25.7 Å². The first kappa shape index (κ1) is 15.7. The summed E-state index contributed by atoms with van der Waals surface area (Å²) >= 11 is 0. The van der Waals surface area contributed by atoms with Crippen molar-refractivity contribution in [3.63, 3.8) is 0 Å². The van der Waals surface area contributed by atoms with E-state index in [1.807, 2.05) is 13.8 Å². The van der Waals surface area contributed by atoms with Gasteiger partial charge in [0, 0.05) is 0 Å². The number of hydrogen-bond acceptors (Lipinski definition) is 3. The monoisotopic (exact) mass is 250 g/mol. The molecule has 0 aromatic heterocycles. The molecule has 0 unspecified atom stereocenters. The Morgan fingerprint density at radius 1 is 1.38 bits per heavy atom. The molecule has 3 atom stereocenters. The first-order valence-electron chi connectivity index (χ1n) is 5.76. The van der Waals surface area contributed by atoms with E-state index in [2.05, 4.69) is 5.32 Å². The summed E-state index contributed by atoms with van der Waals surface area (Å²) in [4.78, 5) is 11.7. The molecule has 0 bridgehead atoms. The Morgan fingerprint density at radius 3 is 2.44 bits per heavy atom. The summed E-state index contributed by atoms with van der Waals surface area (Å²) in [6, 6.07) is -0.574. The minimum Gasteiger partial charge on any atom is -0.391 e. The molecular formula is C11H23ClN2O2. The van der Waals surface area contributed by atoms with Crippen molar-refractivity contribution in [1.29, 1.82) is 0 Å². The van der Waals surface area contributed by atoms with E-state index in [4.69, 9.17) is 5.73 Å². The van der Waals surface area contributed by atoms with Crippen LogP contribution in [-0.2, 0) is 4.79 Å². The van der Waals surface area contributed by atoms with Crippen LogP contribution in [0.25, 0.3) is 0 Å². The number of carbonyl (C=O) groups is 1. The van der Waals surface area contributed by atoms with E-state index < -0.39 is 12.1 Å². The van der Waals surface area contributed by atoms with E-state index in [9.17, 15) is 9.90 Å². The van der Waals surface area contributed by atoms with Crippen LogP contribution >= 0.6 is 12.4 Å². The van der Waals surface area contributed by atoms with Gasteiger partial charge in [-0.1, -0.05) is 26.7 Å². The van der Waals surface area contributed by atoms with Crippen LogP contribution in [0.1, 0.15) is 39.5 Å². The van der Waals surface area contributed by atoms with Crippen LogP contribution in [0.4, 0.5) is 0 Å². The average molecular weight is 251 g/mol. The highest BCUT2D eigenvalue weighted by Crippen LogP contribution is 2.18. The molecule has 0 aliphatic heterocycles. The highest BCUT2D eigenvalue weighted by molar-refractivity contribution is 5.85. The van der Waals surface area contributed by atoms with Crippen molar-refractivity contribution in [3.05, 3.63) is 0 Å². The Bertz CT molecular complexity index is 224. The zero-order chi connectivity index (χ0) is 11.4. The smallest absolute Gasteiger partial charge is 0.237 e. The SMILES string of the molecule is CC(C)[C@H](N)C(=O)N[C@@H]1CCCC[C@H]1O.Cl. The van der Waals surface area contributed by atoms with E-state index in [-0.39, 0.29) is 30.3 Å². The summed E-state index contributed by atoms with van der Waals surface area (Å²) in [6.07, 6.45) is 3.35. The van der Waals surface area contributed by atoms with Crippen molar-refractivity contribution in [2.24, 2.45) is 11.7 Å². The van der Waals surface area contributed by atoms with Gasteiger partial charge in [0.2, 0.25) is 5.91 Å². The quantitative estimate of drug-likeness (QED) is 0.694. The van der Waals surface area contributed by atoms with Gasteiger partial charge in [-0.05, 0) is 18.8 Å². The molecule has 96 valence electrons. The molecule has 1 amide bonds. The van der Waals surface area contributed by atoms with Gasteiger partial charge in [-0.25, -0.2) is 0 Å². The Morgan fingerprint density at radius 2 is 1.94 bits per heavy atom. The topological polar surface area (TPSA) is 75.4 Å². The summed E-state index contributed by atoms with van der Waals surface area (Å²) in [7, 11) is 0. The van der Waals surface area contributed by atoms with E-state index in [1.54, 1.807) is 0 Å². The molecule has 1 rings (SSSR count). The van der Waals surface area contributed by atoms with Gasteiger partial charge in [-0.3, -0.25) is 4.79 Å². The first-order chi connectivity index (χ1) is 7.02. The molecule has 4 nitrogen and oxygen atoms in total. The van der Waals surface area contributed by atoms with Gasteiger partial charge in [-0.15, -0.1) is 12.4 Å². The fourth-order valence-corrected chi connectivity index (χ4v) is 1.86.